The third kappa shape index (κ3) is 3.28. The van der Waals surface area contributed by atoms with Crippen LogP contribution in [0, 0.1) is 5.82 Å². The first-order valence-corrected chi connectivity index (χ1v) is 7.06. The Morgan fingerprint density at radius 1 is 1.29 bits per heavy atom. The molecule has 1 saturated heterocycles. The van der Waals surface area contributed by atoms with Crippen LogP contribution < -0.4 is 0 Å². The molecule has 2 heterocycles. The number of halogens is 1. The fraction of sp³-hybridized carbons (Fsp3) is 0.467. The minimum Gasteiger partial charge on any atom is -0.376 e. The van der Waals surface area contributed by atoms with Gasteiger partial charge in [-0.25, -0.2) is 4.39 Å². The number of rotatable bonds is 3. The molecule has 112 valence electrons. The van der Waals surface area contributed by atoms with Crippen LogP contribution in [-0.2, 0) is 11.3 Å². The molecule has 1 aromatic heterocycles. The summed E-state index contributed by atoms with van der Waals surface area (Å²) in [6.45, 7) is 6.32. The van der Waals surface area contributed by atoms with Gasteiger partial charge < -0.3 is 9.26 Å². The summed E-state index contributed by atoms with van der Waals surface area (Å²) < 4.78 is 23.8. The average Bonchev–Trinajstić information content (AvgIpc) is 2.92. The Morgan fingerprint density at radius 2 is 2.05 bits per heavy atom. The fourth-order valence-corrected chi connectivity index (χ4v) is 2.40. The highest BCUT2D eigenvalue weighted by Gasteiger charge is 2.25. The molecule has 6 heteroatoms. The normalized spacial score (nSPS) is 23.4. The standard InChI is InChI=1S/C15H18FN3O2/c1-10-9-20-11(2)7-19(10)8-14-17-15(18-21-14)12-3-5-13(16)6-4-12/h3-6,10-11H,7-9H2,1-2H3/t10-,11+/m0/s1. The monoisotopic (exact) mass is 291 g/mol. The molecule has 21 heavy (non-hydrogen) atoms. The summed E-state index contributed by atoms with van der Waals surface area (Å²) in [5.74, 6) is 0.771. The van der Waals surface area contributed by atoms with Crippen molar-refractivity contribution in [2.75, 3.05) is 13.2 Å². The molecule has 3 rings (SSSR count). The number of benzene rings is 1. The maximum Gasteiger partial charge on any atom is 0.241 e. The SMILES string of the molecule is C[C@@H]1CN(Cc2nc(-c3ccc(F)cc3)no2)[C@@H](C)CO1. The molecule has 0 unspecified atom stereocenters. The van der Waals surface area contributed by atoms with Gasteiger partial charge in [-0.15, -0.1) is 0 Å². The predicted octanol–water partition coefficient (Wildman–Crippen LogP) is 2.48. The Morgan fingerprint density at radius 3 is 2.81 bits per heavy atom. The van der Waals surface area contributed by atoms with E-state index in [4.69, 9.17) is 9.26 Å². The molecule has 2 atom stereocenters. The van der Waals surface area contributed by atoms with E-state index in [1.165, 1.54) is 12.1 Å². The van der Waals surface area contributed by atoms with Crippen molar-refractivity contribution >= 4 is 0 Å². The molecule has 1 aliphatic heterocycles. The first-order valence-electron chi connectivity index (χ1n) is 7.06. The van der Waals surface area contributed by atoms with Gasteiger partial charge in [0.05, 0.1) is 19.3 Å². The smallest absolute Gasteiger partial charge is 0.241 e. The Labute approximate surface area is 122 Å². The van der Waals surface area contributed by atoms with E-state index in [1.54, 1.807) is 12.1 Å². The van der Waals surface area contributed by atoms with Crippen LogP contribution in [0.5, 0.6) is 0 Å². The number of ether oxygens (including phenoxy) is 1. The van der Waals surface area contributed by atoms with Gasteiger partial charge in [0.1, 0.15) is 5.82 Å². The third-order valence-electron chi connectivity index (χ3n) is 3.65. The lowest BCUT2D eigenvalue weighted by molar-refractivity contribution is -0.0555. The van der Waals surface area contributed by atoms with Crippen molar-refractivity contribution in [1.29, 1.82) is 0 Å². The summed E-state index contributed by atoms with van der Waals surface area (Å²) in [5, 5.41) is 3.96. The Hall–Kier alpha value is -1.79. The van der Waals surface area contributed by atoms with E-state index in [-0.39, 0.29) is 11.9 Å². The highest BCUT2D eigenvalue weighted by atomic mass is 19.1. The summed E-state index contributed by atoms with van der Waals surface area (Å²) in [6.07, 6.45) is 0.209. The zero-order valence-corrected chi connectivity index (χ0v) is 12.1. The summed E-state index contributed by atoms with van der Waals surface area (Å²) in [4.78, 5) is 6.64. The van der Waals surface area contributed by atoms with Gasteiger partial charge in [-0.2, -0.15) is 4.98 Å². The van der Waals surface area contributed by atoms with Crippen molar-refractivity contribution in [3.8, 4) is 11.4 Å². The van der Waals surface area contributed by atoms with E-state index in [1.807, 2.05) is 0 Å². The molecule has 0 saturated carbocycles. The van der Waals surface area contributed by atoms with Crippen LogP contribution in [0.25, 0.3) is 11.4 Å². The topological polar surface area (TPSA) is 51.4 Å². The summed E-state index contributed by atoms with van der Waals surface area (Å²) in [5.41, 5.74) is 0.745. The number of nitrogens with zero attached hydrogens (tertiary/aromatic N) is 3. The molecule has 1 fully saturated rings. The number of hydrogen-bond acceptors (Lipinski definition) is 5. The highest BCUT2D eigenvalue weighted by molar-refractivity contribution is 5.53. The largest absolute Gasteiger partial charge is 0.376 e. The predicted molar refractivity (Wildman–Crippen MR) is 75.0 cm³/mol. The number of hydrogen-bond donors (Lipinski definition) is 0. The molecule has 0 spiro atoms. The molecule has 2 aromatic rings. The van der Waals surface area contributed by atoms with Crippen molar-refractivity contribution in [3.05, 3.63) is 36.0 Å². The minimum absolute atomic E-state index is 0.209. The van der Waals surface area contributed by atoms with Crippen LogP contribution in [0.2, 0.25) is 0 Å². The minimum atomic E-state index is -0.279. The van der Waals surface area contributed by atoms with E-state index in [0.717, 1.165) is 12.1 Å². The van der Waals surface area contributed by atoms with Gasteiger partial charge in [-0.1, -0.05) is 5.16 Å². The lowest BCUT2D eigenvalue weighted by Crippen LogP contribution is -2.46. The van der Waals surface area contributed by atoms with E-state index >= 15 is 0 Å². The van der Waals surface area contributed by atoms with E-state index < -0.39 is 0 Å². The molecule has 0 bridgehead atoms. The Bertz CT molecular complexity index is 599. The van der Waals surface area contributed by atoms with Crippen LogP contribution in [0.15, 0.2) is 28.8 Å². The molecule has 0 amide bonds. The van der Waals surface area contributed by atoms with Crippen LogP contribution in [0.1, 0.15) is 19.7 Å². The van der Waals surface area contributed by atoms with Gasteiger partial charge in [-0.3, -0.25) is 4.90 Å². The Kier molecular flexibility index (Phi) is 3.98. The number of aromatic nitrogens is 2. The van der Waals surface area contributed by atoms with Gasteiger partial charge in [0.25, 0.3) is 0 Å². The van der Waals surface area contributed by atoms with Gasteiger partial charge in [-0.05, 0) is 38.1 Å². The molecule has 1 aromatic carbocycles. The lowest BCUT2D eigenvalue weighted by atomic mass is 10.2. The second kappa shape index (κ2) is 5.91. The Balaban J connectivity index is 1.71. The van der Waals surface area contributed by atoms with Crippen molar-refractivity contribution in [1.82, 2.24) is 15.0 Å². The second-order valence-electron chi connectivity index (χ2n) is 5.44. The van der Waals surface area contributed by atoms with Crippen molar-refractivity contribution in [2.45, 2.75) is 32.5 Å². The third-order valence-corrected chi connectivity index (χ3v) is 3.65. The molecular formula is C15H18FN3O2. The molecule has 0 radical (unpaired) electrons. The van der Waals surface area contributed by atoms with Crippen LogP contribution >= 0.6 is 0 Å². The summed E-state index contributed by atoms with van der Waals surface area (Å²) in [7, 11) is 0. The van der Waals surface area contributed by atoms with E-state index in [0.29, 0.717) is 30.9 Å². The molecule has 0 N–H and O–H groups in total. The van der Waals surface area contributed by atoms with Gasteiger partial charge in [0.15, 0.2) is 0 Å². The van der Waals surface area contributed by atoms with Crippen LogP contribution in [-0.4, -0.2) is 40.3 Å². The van der Waals surface area contributed by atoms with Gasteiger partial charge in [0.2, 0.25) is 11.7 Å². The second-order valence-corrected chi connectivity index (χ2v) is 5.44. The van der Waals surface area contributed by atoms with Crippen LogP contribution in [0.4, 0.5) is 4.39 Å². The zero-order valence-electron chi connectivity index (χ0n) is 12.1. The van der Waals surface area contributed by atoms with Crippen LogP contribution in [0.3, 0.4) is 0 Å². The maximum atomic E-state index is 12.9. The van der Waals surface area contributed by atoms with Crippen molar-refractivity contribution in [2.24, 2.45) is 0 Å². The molecule has 5 nitrogen and oxygen atoms in total. The first-order chi connectivity index (χ1) is 10.1. The van der Waals surface area contributed by atoms with Crippen molar-refractivity contribution in [3.63, 3.8) is 0 Å². The molecular weight excluding hydrogens is 273 g/mol. The average molecular weight is 291 g/mol. The van der Waals surface area contributed by atoms with E-state index in [9.17, 15) is 4.39 Å². The molecule has 1 aliphatic rings. The first kappa shape index (κ1) is 14.2. The quantitative estimate of drug-likeness (QED) is 0.869. The van der Waals surface area contributed by atoms with E-state index in [2.05, 4.69) is 28.9 Å². The summed E-state index contributed by atoms with van der Waals surface area (Å²) in [6, 6.07) is 6.38. The van der Waals surface area contributed by atoms with Gasteiger partial charge in [0, 0.05) is 18.2 Å². The zero-order chi connectivity index (χ0) is 14.8. The lowest BCUT2D eigenvalue weighted by Gasteiger charge is -2.35. The highest BCUT2D eigenvalue weighted by Crippen LogP contribution is 2.19. The molecule has 0 aliphatic carbocycles. The van der Waals surface area contributed by atoms with Gasteiger partial charge >= 0.3 is 0 Å². The maximum absolute atomic E-state index is 12.9. The summed E-state index contributed by atoms with van der Waals surface area (Å²) >= 11 is 0. The number of morpholine rings is 1. The van der Waals surface area contributed by atoms with Crippen molar-refractivity contribution < 1.29 is 13.7 Å². The fourth-order valence-electron chi connectivity index (χ4n) is 2.40.